The Balaban J connectivity index is 2.27. The average molecular weight is 463 g/mol. The highest BCUT2D eigenvalue weighted by Gasteiger charge is 2.39. The zero-order valence-corrected chi connectivity index (χ0v) is 16.5. The summed E-state index contributed by atoms with van der Waals surface area (Å²) in [6.45, 7) is 0. The monoisotopic (exact) mass is 463 g/mol. The fourth-order valence-corrected chi connectivity index (χ4v) is 4.33. The van der Waals surface area contributed by atoms with E-state index in [1.165, 1.54) is 0 Å². The minimum atomic E-state index is -3.26. The van der Waals surface area contributed by atoms with Gasteiger partial charge in [-0.25, -0.2) is 35.1 Å². The Kier molecular flexibility index (Phi) is 5.74. The number of halogens is 8. The molecule has 4 aromatic carbocycles. The van der Waals surface area contributed by atoms with Gasteiger partial charge in [0.25, 0.3) is 0 Å². The van der Waals surface area contributed by atoms with Crippen LogP contribution in [0.5, 0.6) is 0 Å². The molecule has 33 heavy (non-hydrogen) atoms. The number of hydrogen-bond acceptors (Lipinski definition) is 0. The molecule has 4 aromatic rings. The van der Waals surface area contributed by atoms with Crippen molar-refractivity contribution in [3.05, 3.63) is 119 Å². The van der Waals surface area contributed by atoms with Gasteiger partial charge in [0.1, 0.15) is 35.2 Å². The third-order valence-corrected chi connectivity index (χ3v) is 5.79. The van der Waals surface area contributed by atoms with Crippen molar-refractivity contribution in [2.45, 2.75) is 0 Å². The van der Waals surface area contributed by atoms with Gasteiger partial charge in [-0.15, -0.1) is 5.46 Å². The topological polar surface area (TPSA) is 0 Å². The molecule has 0 heterocycles. The molecule has 0 spiro atoms. The number of hydrogen-bond donors (Lipinski definition) is 0. The van der Waals surface area contributed by atoms with Crippen LogP contribution in [0.3, 0.4) is 0 Å². The van der Waals surface area contributed by atoms with E-state index >= 15 is 8.78 Å². The molecule has 0 amide bonds. The fourth-order valence-electron chi connectivity index (χ4n) is 4.33. The van der Waals surface area contributed by atoms with E-state index in [2.05, 4.69) is 0 Å². The number of benzene rings is 4. The zero-order valence-electron chi connectivity index (χ0n) is 16.5. The second-order valence-corrected chi connectivity index (χ2v) is 7.50. The van der Waals surface area contributed by atoms with Crippen molar-refractivity contribution in [1.29, 1.82) is 0 Å². The molecule has 0 N–H and O–H groups in total. The molecule has 0 aliphatic carbocycles. The van der Waals surface area contributed by atoms with Crippen molar-refractivity contribution in [3.63, 3.8) is 0 Å². The first-order valence-electron chi connectivity index (χ1n) is 9.63. The molecule has 0 saturated heterocycles. The third-order valence-electron chi connectivity index (χ3n) is 5.79. The molecule has 0 aliphatic rings. The summed E-state index contributed by atoms with van der Waals surface area (Å²) in [5, 5.41) is 0. The van der Waals surface area contributed by atoms with Crippen LogP contribution in [-0.2, 0) is 0 Å². The number of rotatable bonds is 4. The Bertz CT molecular complexity index is 1180. The summed E-state index contributed by atoms with van der Waals surface area (Å²) in [5.74, 6) is -13.1. The fraction of sp³-hybridized carbons (Fsp3) is 0. The van der Waals surface area contributed by atoms with Crippen LogP contribution in [0, 0.1) is 46.5 Å². The van der Waals surface area contributed by atoms with E-state index in [1.807, 2.05) is 0 Å². The van der Waals surface area contributed by atoms with E-state index in [9.17, 15) is 26.3 Å². The van der Waals surface area contributed by atoms with E-state index in [-0.39, 0.29) is 16.4 Å². The van der Waals surface area contributed by atoms with E-state index in [4.69, 9.17) is 0 Å². The van der Waals surface area contributed by atoms with Crippen molar-refractivity contribution >= 4 is 28.0 Å². The van der Waals surface area contributed by atoms with Gasteiger partial charge in [0.2, 0.25) is 0 Å². The Morgan fingerprint density at radius 1 is 0.333 bits per heavy atom. The Morgan fingerprint density at radius 3 is 0.848 bits per heavy atom. The smallest absolute Gasteiger partial charge is 0.200 e. The van der Waals surface area contributed by atoms with Crippen molar-refractivity contribution in [2.24, 2.45) is 0 Å². The lowest BCUT2D eigenvalue weighted by molar-refractivity contribution is 0.384. The van der Waals surface area contributed by atoms with Crippen LogP contribution >= 0.6 is 0 Å². The standard InChI is InChI=1S/C24H12BF8/c26-16-7-1-13(2-8-16)25(14-3-9-17(27)10-4-14,15-5-11-18(28)12-6-15)19-20(29)22(31)24(33)23(32)21(19)30/h1-12H/q-1. The van der Waals surface area contributed by atoms with Crippen LogP contribution in [0.15, 0.2) is 72.8 Å². The van der Waals surface area contributed by atoms with Gasteiger partial charge in [-0.3, -0.25) is 0 Å². The minimum absolute atomic E-state index is 0.0437. The van der Waals surface area contributed by atoms with Crippen LogP contribution in [0.25, 0.3) is 0 Å². The van der Waals surface area contributed by atoms with Gasteiger partial charge in [-0.2, -0.15) is 16.4 Å². The molecule has 0 atom stereocenters. The normalized spacial score (nSPS) is 11.6. The summed E-state index contributed by atoms with van der Waals surface area (Å²) in [7, 11) is 0. The molecular formula is C24H12BF8-. The third kappa shape index (κ3) is 3.57. The van der Waals surface area contributed by atoms with Gasteiger partial charge in [0.15, 0.2) is 17.5 Å². The molecule has 168 valence electrons. The predicted molar refractivity (Wildman–Crippen MR) is 110 cm³/mol. The summed E-state index contributed by atoms with van der Waals surface area (Å²) in [4.78, 5) is 0. The van der Waals surface area contributed by atoms with Gasteiger partial charge >= 0.3 is 0 Å². The molecular weight excluding hydrogens is 451 g/mol. The first-order chi connectivity index (χ1) is 15.7. The Hall–Kier alpha value is -3.62. The largest absolute Gasteiger partial charge is 0.207 e. The lowest BCUT2D eigenvalue weighted by Gasteiger charge is -2.44. The second kappa shape index (κ2) is 8.39. The Labute approximate surface area is 183 Å². The van der Waals surface area contributed by atoms with Crippen LogP contribution in [0.4, 0.5) is 35.1 Å². The van der Waals surface area contributed by atoms with E-state index in [0.29, 0.717) is 0 Å². The first kappa shape index (κ1) is 22.6. The van der Waals surface area contributed by atoms with E-state index < -0.39 is 58.1 Å². The molecule has 0 nitrogen and oxygen atoms in total. The Morgan fingerprint density at radius 2 is 0.576 bits per heavy atom. The molecule has 4 rings (SSSR count). The van der Waals surface area contributed by atoms with Gasteiger partial charge in [0, 0.05) is 0 Å². The summed E-state index contributed by atoms with van der Waals surface area (Å²) in [5.41, 5.74) is -1.34. The van der Waals surface area contributed by atoms with Gasteiger partial charge < -0.3 is 0 Å². The maximum absolute atomic E-state index is 15.3. The highest BCUT2D eigenvalue weighted by atomic mass is 19.2. The van der Waals surface area contributed by atoms with Crippen molar-refractivity contribution in [1.82, 2.24) is 0 Å². The lowest BCUT2D eigenvalue weighted by atomic mass is 9.13. The van der Waals surface area contributed by atoms with Crippen LogP contribution in [0.2, 0.25) is 0 Å². The predicted octanol–water partition coefficient (Wildman–Crippen LogP) is 4.18. The van der Waals surface area contributed by atoms with Crippen molar-refractivity contribution in [3.8, 4) is 0 Å². The van der Waals surface area contributed by atoms with Crippen LogP contribution in [-0.4, -0.2) is 6.15 Å². The maximum atomic E-state index is 15.3. The van der Waals surface area contributed by atoms with E-state index in [1.54, 1.807) is 0 Å². The van der Waals surface area contributed by atoms with Crippen LogP contribution in [0.1, 0.15) is 0 Å². The molecule has 0 saturated carbocycles. The van der Waals surface area contributed by atoms with Gasteiger partial charge in [-0.1, -0.05) is 36.4 Å². The SMILES string of the molecule is Fc1ccc([B-](c2ccc(F)cc2)(c2ccc(F)cc2)c2c(F)c(F)c(F)c(F)c2F)cc1. The molecule has 0 aliphatic heterocycles. The average Bonchev–Trinajstić information content (AvgIpc) is 2.81. The summed E-state index contributed by atoms with van der Waals surface area (Å²) >= 11 is 0. The second-order valence-electron chi connectivity index (χ2n) is 7.50. The summed E-state index contributed by atoms with van der Waals surface area (Å²) in [6, 6.07) is 12.4. The lowest BCUT2D eigenvalue weighted by Crippen LogP contribution is -2.76. The summed E-state index contributed by atoms with van der Waals surface area (Å²) in [6.07, 6.45) is -3.26. The highest BCUT2D eigenvalue weighted by molar-refractivity contribution is 7.20. The molecule has 0 bridgehead atoms. The first-order valence-corrected chi connectivity index (χ1v) is 9.63. The van der Waals surface area contributed by atoms with Crippen molar-refractivity contribution in [2.75, 3.05) is 0 Å². The molecule has 0 fully saturated rings. The van der Waals surface area contributed by atoms with Crippen LogP contribution < -0.4 is 21.9 Å². The molecule has 0 radical (unpaired) electrons. The zero-order chi connectivity index (χ0) is 23.9. The molecule has 9 heteroatoms. The summed E-state index contributed by atoms with van der Waals surface area (Å²) < 4.78 is 114. The molecule has 0 unspecified atom stereocenters. The molecule has 0 aromatic heterocycles. The minimum Gasteiger partial charge on any atom is -0.207 e. The van der Waals surface area contributed by atoms with Crippen molar-refractivity contribution < 1.29 is 35.1 Å². The maximum Gasteiger partial charge on any atom is 0.200 e. The highest BCUT2D eigenvalue weighted by Crippen LogP contribution is 2.21. The quantitative estimate of drug-likeness (QED) is 0.185. The van der Waals surface area contributed by atoms with Gasteiger partial charge in [0.05, 0.1) is 0 Å². The van der Waals surface area contributed by atoms with Gasteiger partial charge in [-0.05, 0) is 36.4 Å². The van der Waals surface area contributed by atoms with E-state index in [0.717, 1.165) is 72.8 Å².